The molecule has 3 aliphatic carbocycles. The Balaban J connectivity index is 1.48. The third-order valence-electron chi connectivity index (χ3n) is 9.99. The first-order valence-electron chi connectivity index (χ1n) is 12.1. The molecule has 7 atom stereocenters. The quantitative estimate of drug-likeness (QED) is 0.562. The minimum absolute atomic E-state index is 0.267. The largest absolute Gasteiger partial charge is 0.393 e. The second kappa shape index (κ2) is 6.57. The Bertz CT molecular complexity index is 1200. The summed E-state index contributed by atoms with van der Waals surface area (Å²) in [5.41, 5.74) is 0.813. The van der Waals surface area contributed by atoms with Gasteiger partial charge in [0.25, 0.3) is 0 Å². The lowest BCUT2D eigenvalue weighted by molar-refractivity contribution is -0.200. The van der Waals surface area contributed by atoms with Gasteiger partial charge in [0, 0.05) is 27.4 Å². The molecule has 0 saturated heterocycles. The summed E-state index contributed by atoms with van der Waals surface area (Å²) in [5.74, 6) is 0.0387. The standard InChI is InChI=1S/C27H33NO5/c1-24(31,14-29)23-20(30)13-18-21(33-23)9-10-25(2)26(3)15(8-11-27(18,25)32)12-17-16-6-4-5-7-19(16)28-22(17)26/h4-7,13,15,21,23,28-29,31-32H,8-12,14H2,1-3H3/t15-,21-,23-,24+,25+,26+,27+/m0/s1. The number of aliphatic hydroxyl groups excluding tert-OH is 1. The van der Waals surface area contributed by atoms with Crippen LogP contribution in [-0.2, 0) is 21.4 Å². The number of aliphatic hydroxyl groups is 3. The third-order valence-corrected chi connectivity index (χ3v) is 9.99. The van der Waals surface area contributed by atoms with Gasteiger partial charge in [-0.1, -0.05) is 32.0 Å². The molecule has 0 radical (unpaired) electrons. The van der Waals surface area contributed by atoms with Crippen molar-refractivity contribution in [3.8, 4) is 0 Å². The molecule has 4 aliphatic rings. The fourth-order valence-corrected chi connectivity index (χ4v) is 7.84. The molecule has 2 heterocycles. The van der Waals surface area contributed by atoms with Crippen LogP contribution in [0.2, 0.25) is 0 Å². The average molecular weight is 452 g/mol. The maximum Gasteiger partial charge on any atom is 0.187 e. The number of aromatic amines is 1. The number of aromatic nitrogens is 1. The lowest BCUT2D eigenvalue weighted by Gasteiger charge is -2.64. The van der Waals surface area contributed by atoms with Crippen molar-refractivity contribution in [3.63, 3.8) is 0 Å². The summed E-state index contributed by atoms with van der Waals surface area (Å²) in [4.78, 5) is 16.7. The number of carbonyl (C=O) groups excluding carboxylic acids is 1. The number of ketones is 1. The summed E-state index contributed by atoms with van der Waals surface area (Å²) in [7, 11) is 0. The van der Waals surface area contributed by atoms with E-state index in [-0.39, 0.29) is 11.2 Å². The van der Waals surface area contributed by atoms with Crippen LogP contribution in [0.5, 0.6) is 0 Å². The second-order valence-electron chi connectivity index (χ2n) is 11.4. The zero-order chi connectivity index (χ0) is 23.4. The minimum Gasteiger partial charge on any atom is -0.393 e. The molecule has 2 aromatic rings. The van der Waals surface area contributed by atoms with Gasteiger partial charge in [-0.3, -0.25) is 4.79 Å². The average Bonchev–Trinajstić information content (AvgIpc) is 3.30. The molecule has 33 heavy (non-hydrogen) atoms. The topological polar surface area (TPSA) is 103 Å². The zero-order valence-corrected chi connectivity index (χ0v) is 19.5. The molecule has 1 aromatic carbocycles. The Hall–Kier alpha value is -1.99. The second-order valence-corrected chi connectivity index (χ2v) is 11.4. The van der Waals surface area contributed by atoms with Crippen LogP contribution >= 0.6 is 0 Å². The van der Waals surface area contributed by atoms with Gasteiger partial charge in [-0.05, 0) is 68.2 Å². The summed E-state index contributed by atoms with van der Waals surface area (Å²) in [5, 5.41) is 33.7. The molecular formula is C27H33NO5. The molecule has 2 fully saturated rings. The van der Waals surface area contributed by atoms with Crippen LogP contribution in [0.1, 0.15) is 57.7 Å². The summed E-state index contributed by atoms with van der Waals surface area (Å²) >= 11 is 0. The Kier molecular flexibility index (Phi) is 4.29. The molecule has 6 nitrogen and oxygen atoms in total. The van der Waals surface area contributed by atoms with Gasteiger partial charge in [0.05, 0.1) is 18.3 Å². The molecule has 2 saturated carbocycles. The zero-order valence-electron chi connectivity index (χ0n) is 19.5. The fraction of sp³-hybridized carbons (Fsp3) is 0.593. The first-order chi connectivity index (χ1) is 15.6. The van der Waals surface area contributed by atoms with Crippen LogP contribution in [0.25, 0.3) is 10.9 Å². The molecule has 0 bridgehead atoms. The highest BCUT2D eigenvalue weighted by molar-refractivity contribution is 5.96. The Morgan fingerprint density at radius 3 is 2.73 bits per heavy atom. The lowest BCUT2D eigenvalue weighted by Crippen LogP contribution is -2.68. The molecule has 176 valence electrons. The van der Waals surface area contributed by atoms with Gasteiger partial charge in [-0.25, -0.2) is 0 Å². The van der Waals surface area contributed by atoms with Crippen LogP contribution in [0.4, 0.5) is 0 Å². The number of benzene rings is 1. The molecule has 1 aliphatic heterocycles. The maximum atomic E-state index is 13.0. The fourth-order valence-electron chi connectivity index (χ4n) is 7.84. The first kappa shape index (κ1) is 21.5. The number of carbonyl (C=O) groups is 1. The van der Waals surface area contributed by atoms with Gasteiger partial charge >= 0.3 is 0 Å². The van der Waals surface area contributed by atoms with Gasteiger partial charge in [-0.2, -0.15) is 0 Å². The lowest BCUT2D eigenvalue weighted by atomic mass is 9.42. The van der Waals surface area contributed by atoms with E-state index in [4.69, 9.17) is 4.74 Å². The molecule has 4 N–H and O–H groups in total. The van der Waals surface area contributed by atoms with Crippen molar-refractivity contribution >= 4 is 16.7 Å². The van der Waals surface area contributed by atoms with Gasteiger partial charge in [0.1, 0.15) is 5.60 Å². The Labute approximate surface area is 193 Å². The number of ether oxygens (including phenoxy) is 1. The number of rotatable bonds is 2. The SMILES string of the molecule is C[C@]12CC[C@@H]3O[C@H]([C@](C)(O)CO)C(=O)C=C3[C@]1(O)CC[C@H]1Cc3c([nH]c4ccccc34)[C@@]12C. The van der Waals surface area contributed by atoms with Crippen molar-refractivity contribution in [3.05, 3.63) is 47.2 Å². The van der Waals surface area contributed by atoms with E-state index in [0.717, 1.165) is 24.8 Å². The number of H-pyrrole nitrogens is 1. The Morgan fingerprint density at radius 1 is 1.21 bits per heavy atom. The van der Waals surface area contributed by atoms with E-state index in [9.17, 15) is 20.1 Å². The van der Waals surface area contributed by atoms with Crippen molar-refractivity contribution in [1.29, 1.82) is 0 Å². The van der Waals surface area contributed by atoms with Crippen molar-refractivity contribution in [2.45, 2.75) is 81.7 Å². The predicted octanol–water partition coefficient (Wildman–Crippen LogP) is 2.93. The number of para-hydroxylation sites is 1. The maximum absolute atomic E-state index is 13.0. The third kappa shape index (κ3) is 2.45. The van der Waals surface area contributed by atoms with E-state index >= 15 is 0 Å². The van der Waals surface area contributed by atoms with Gasteiger partial charge < -0.3 is 25.0 Å². The monoisotopic (exact) mass is 451 g/mol. The van der Waals surface area contributed by atoms with Crippen LogP contribution in [0.3, 0.4) is 0 Å². The number of hydrogen-bond donors (Lipinski definition) is 4. The number of fused-ring (bicyclic) bond motifs is 9. The van der Waals surface area contributed by atoms with E-state index in [0.29, 0.717) is 24.3 Å². The summed E-state index contributed by atoms with van der Waals surface area (Å²) in [6, 6.07) is 8.42. The highest BCUT2D eigenvalue weighted by Crippen LogP contribution is 2.69. The molecule has 6 heteroatoms. The molecular weight excluding hydrogens is 418 g/mol. The van der Waals surface area contributed by atoms with Crippen LogP contribution in [0.15, 0.2) is 35.9 Å². The van der Waals surface area contributed by atoms with Gasteiger partial charge in [0.15, 0.2) is 11.9 Å². The summed E-state index contributed by atoms with van der Waals surface area (Å²) in [6.07, 6.45) is 3.83. The number of nitrogens with one attached hydrogen (secondary N) is 1. The molecule has 0 unspecified atom stereocenters. The van der Waals surface area contributed by atoms with Crippen molar-refractivity contribution in [2.24, 2.45) is 11.3 Å². The smallest absolute Gasteiger partial charge is 0.187 e. The van der Waals surface area contributed by atoms with Gasteiger partial charge in [-0.15, -0.1) is 0 Å². The highest BCUT2D eigenvalue weighted by atomic mass is 16.5. The summed E-state index contributed by atoms with van der Waals surface area (Å²) in [6.45, 7) is 5.34. The van der Waals surface area contributed by atoms with E-state index in [1.807, 2.05) is 6.07 Å². The molecule has 0 spiro atoms. The number of hydrogen-bond acceptors (Lipinski definition) is 5. The predicted molar refractivity (Wildman–Crippen MR) is 124 cm³/mol. The van der Waals surface area contributed by atoms with E-state index in [2.05, 4.69) is 37.0 Å². The first-order valence-corrected chi connectivity index (χ1v) is 12.1. The molecule has 1 aromatic heterocycles. The van der Waals surface area contributed by atoms with Crippen molar-refractivity contribution in [1.82, 2.24) is 4.98 Å². The van der Waals surface area contributed by atoms with Gasteiger partial charge in [0.2, 0.25) is 0 Å². The van der Waals surface area contributed by atoms with Crippen LogP contribution in [0, 0.1) is 11.3 Å². The normalized spacial score (nSPS) is 41.6. The van der Waals surface area contributed by atoms with Crippen LogP contribution in [-0.4, -0.2) is 56.1 Å². The highest BCUT2D eigenvalue weighted by Gasteiger charge is 2.70. The van der Waals surface area contributed by atoms with Crippen molar-refractivity contribution < 1.29 is 24.9 Å². The van der Waals surface area contributed by atoms with Crippen LogP contribution < -0.4 is 0 Å². The van der Waals surface area contributed by atoms with Crippen molar-refractivity contribution in [2.75, 3.05) is 6.61 Å². The Morgan fingerprint density at radius 2 is 1.97 bits per heavy atom. The molecule has 6 rings (SSSR count). The summed E-state index contributed by atoms with van der Waals surface area (Å²) < 4.78 is 6.08. The minimum atomic E-state index is -1.66. The van der Waals surface area contributed by atoms with E-state index < -0.39 is 35.4 Å². The van der Waals surface area contributed by atoms with E-state index in [1.54, 1.807) is 0 Å². The molecule has 0 amide bonds. The van der Waals surface area contributed by atoms with E-state index in [1.165, 1.54) is 29.6 Å².